The fraction of sp³-hybridized carbons (Fsp3) is 0.667. The van der Waals surface area contributed by atoms with Crippen LogP contribution in [0.4, 0.5) is 0 Å². The minimum absolute atomic E-state index is 0.112. The largest absolute Gasteiger partial charge is 0.382 e. The van der Waals surface area contributed by atoms with Crippen molar-refractivity contribution >= 4 is 23.6 Å². The summed E-state index contributed by atoms with van der Waals surface area (Å²) in [6.45, 7) is 5.27. The summed E-state index contributed by atoms with van der Waals surface area (Å²) in [5, 5.41) is 5.65. The Hall–Kier alpha value is -0.980. The SMILES string of the molecule is CCOC(CNC(=O)/C(C)=C/CCNC=S)OC. The number of nitrogens with one attached hydrogen (secondary N) is 2. The van der Waals surface area contributed by atoms with Crippen molar-refractivity contribution in [3.63, 3.8) is 0 Å². The van der Waals surface area contributed by atoms with Crippen LogP contribution in [0.5, 0.6) is 0 Å². The Morgan fingerprint density at radius 3 is 2.78 bits per heavy atom. The topological polar surface area (TPSA) is 59.6 Å². The van der Waals surface area contributed by atoms with E-state index in [4.69, 9.17) is 9.47 Å². The summed E-state index contributed by atoms with van der Waals surface area (Å²) in [6.07, 6.45) is 2.22. The third-order valence-corrected chi connectivity index (χ3v) is 2.39. The summed E-state index contributed by atoms with van der Waals surface area (Å²) in [4.78, 5) is 11.7. The van der Waals surface area contributed by atoms with Crippen molar-refractivity contribution in [2.24, 2.45) is 0 Å². The minimum Gasteiger partial charge on any atom is -0.382 e. The molecule has 0 saturated heterocycles. The van der Waals surface area contributed by atoms with Gasteiger partial charge in [0.25, 0.3) is 0 Å². The zero-order chi connectivity index (χ0) is 13.8. The van der Waals surface area contributed by atoms with Crippen molar-refractivity contribution < 1.29 is 14.3 Å². The van der Waals surface area contributed by atoms with Crippen LogP contribution in [0.3, 0.4) is 0 Å². The zero-order valence-corrected chi connectivity index (χ0v) is 12.0. The Kier molecular flexibility index (Phi) is 10.5. The first-order chi connectivity index (χ1) is 8.65. The molecule has 0 aliphatic heterocycles. The van der Waals surface area contributed by atoms with E-state index < -0.39 is 6.29 Å². The first kappa shape index (κ1) is 17.0. The molecule has 0 rings (SSSR count). The van der Waals surface area contributed by atoms with Gasteiger partial charge in [0, 0.05) is 25.8 Å². The lowest BCUT2D eigenvalue weighted by molar-refractivity contribution is -0.129. The third-order valence-electron chi connectivity index (χ3n) is 2.23. The van der Waals surface area contributed by atoms with Crippen LogP contribution in [0.1, 0.15) is 20.3 Å². The van der Waals surface area contributed by atoms with Gasteiger partial charge in [-0.15, -0.1) is 0 Å². The molecule has 0 aromatic heterocycles. The average molecular weight is 274 g/mol. The highest BCUT2D eigenvalue weighted by Crippen LogP contribution is 1.96. The highest BCUT2D eigenvalue weighted by atomic mass is 32.1. The van der Waals surface area contributed by atoms with Gasteiger partial charge in [-0.25, -0.2) is 0 Å². The van der Waals surface area contributed by atoms with Gasteiger partial charge >= 0.3 is 0 Å². The maximum absolute atomic E-state index is 11.7. The monoisotopic (exact) mass is 274 g/mol. The van der Waals surface area contributed by atoms with Gasteiger partial charge in [-0.3, -0.25) is 4.79 Å². The second-order valence-electron chi connectivity index (χ2n) is 3.58. The Bertz CT molecular complexity index is 282. The molecule has 1 unspecified atom stereocenters. The minimum atomic E-state index is -0.400. The number of hydrogen-bond acceptors (Lipinski definition) is 4. The Morgan fingerprint density at radius 2 is 2.22 bits per heavy atom. The Balaban J connectivity index is 3.95. The molecule has 5 nitrogen and oxygen atoms in total. The maximum atomic E-state index is 11.7. The number of rotatable bonds is 10. The van der Waals surface area contributed by atoms with Gasteiger partial charge < -0.3 is 20.1 Å². The van der Waals surface area contributed by atoms with Crippen LogP contribution in [0.25, 0.3) is 0 Å². The number of methoxy groups -OCH3 is 1. The molecule has 1 amide bonds. The van der Waals surface area contributed by atoms with Crippen molar-refractivity contribution in [2.45, 2.75) is 26.6 Å². The van der Waals surface area contributed by atoms with E-state index in [2.05, 4.69) is 22.9 Å². The Morgan fingerprint density at radius 1 is 1.50 bits per heavy atom. The Labute approximate surface area is 114 Å². The van der Waals surface area contributed by atoms with Gasteiger partial charge in [0.15, 0.2) is 6.29 Å². The average Bonchev–Trinajstić information content (AvgIpc) is 2.38. The van der Waals surface area contributed by atoms with E-state index in [1.165, 1.54) is 5.49 Å². The summed E-state index contributed by atoms with van der Waals surface area (Å²) in [6, 6.07) is 0. The van der Waals surface area contributed by atoms with Crippen molar-refractivity contribution in [1.82, 2.24) is 10.6 Å². The fourth-order valence-corrected chi connectivity index (χ4v) is 1.35. The van der Waals surface area contributed by atoms with Gasteiger partial charge in [-0.2, -0.15) is 0 Å². The van der Waals surface area contributed by atoms with Gasteiger partial charge in [0.2, 0.25) is 5.91 Å². The molecule has 0 heterocycles. The third kappa shape index (κ3) is 8.16. The van der Waals surface area contributed by atoms with Crippen molar-refractivity contribution in [3.05, 3.63) is 11.6 Å². The molecule has 0 bridgehead atoms. The van der Waals surface area contributed by atoms with Gasteiger partial charge in [-0.05, 0) is 20.3 Å². The molecule has 104 valence electrons. The zero-order valence-electron chi connectivity index (χ0n) is 11.2. The van der Waals surface area contributed by atoms with Crippen molar-refractivity contribution in [1.29, 1.82) is 0 Å². The second-order valence-corrected chi connectivity index (χ2v) is 3.81. The normalized spacial score (nSPS) is 12.9. The predicted octanol–water partition coefficient (Wildman–Crippen LogP) is 0.995. The second kappa shape index (κ2) is 11.1. The van der Waals surface area contributed by atoms with E-state index in [9.17, 15) is 4.79 Å². The molecule has 0 aromatic carbocycles. The number of hydrogen-bond donors (Lipinski definition) is 2. The van der Waals surface area contributed by atoms with Crippen molar-refractivity contribution in [2.75, 3.05) is 26.8 Å². The summed E-state index contributed by atoms with van der Waals surface area (Å²) in [7, 11) is 1.55. The highest BCUT2D eigenvalue weighted by molar-refractivity contribution is 7.78. The molecule has 2 N–H and O–H groups in total. The molecule has 1 atom stereocenters. The van der Waals surface area contributed by atoms with Crippen molar-refractivity contribution in [3.8, 4) is 0 Å². The van der Waals surface area contributed by atoms with Crippen LogP contribution in [-0.2, 0) is 14.3 Å². The van der Waals surface area contributed by atoms with Crippen LogP contribution < -0.4 is 10.6 Å². The van der Waals surface area contributed by atoms with Crippen LogP contribution in [0.2, 0.25) is 0 Å². The van der Waals surface area contributed by atoms with Gasteiger partial charge in [0.05, 0.1) is 12.0 Å². The smallest absolute Gasteiger partial charge is 0.246 e. The molecule has 0 saturated carbocycles. The van der Waals surface area contributed by atoms with E-state index >= 15 is 0 Å². The number of carbonyl (C=O) groups is 1. The predicted molar refractivity (Wildman–Crippen MR) is 75.5 cm³/mol. The maximum Gasteiger partial charge on any atom is 0.246 e. The molecule has 0 aromatic rings. The summed E-state index contributed by atoms with van der Waals surface area (Å²) < 4.78 is 10.3. The van der Waals surface area contributed by atoms with Gasteiger partial charge in [-0.1, -0.05) is 18.3 Å². The highest BCUT2D eigenvalue weighted by Gasteiger charge is 2.09. The van der Waals surface area contributed by atoms with E-state index in [0.29, 0.717) is 18.7 Å². The molecule has 0 aliphatic carbocycles. The number of carbonyl (C=O) groups excluding carboxylic acids is 1. The van der Waals surface area contributed by atoms with E-state index in [0.717, 1.165) is 13.0 Å². The molecule has 0 fully saturated rings. The molecule has 0 spiro atoms. The van der Waals surface area contributed by atoms with Crippen LogP contribution in [0, 0.1) is 0 Å². The lowest BCUT2D eigenvalue weighted by Gasteiger charge is -2.15. The standard InChI is InChI=1S/C12H22N2O3S/c1-4-17-11(16-3)8-14-12(15)10(2)6-5-7-13-9-18/h6,9,11H,4-5,7-8H2,1-3H3,(H,13,18)(H,14,15)/b10-6+. The molecule has 0 aliphatic rings. The quantitative estimate of drug-likeness (QED) is 0.269. The summed E-state index contributed by atoms with van der Waals surface area (Å²) in [5.74, 6) is -0.112. The molecule has 6 heteroatoms. The molecule has 18 heavy (non-hydrogen) atoms. The van der Waals surface area contributed by atoms with Crippen LogP contribution in [0.15, 0.2) is 11.6 Å². The van der Waals surface area contributed by atoms with Crippen LogP contribution >= 0.6 is 12.2 Å². The van der Waals surface area contributed by atoms with Crippen LogP contribution in [-0.4, -0.2) is 44.5 Å². The van der Waals surface area contributed by atoms with E-state index in [-0.39, 0.29) is 5.91 Å². The van der Waals surface area contributed by atoms with Gasteiger partial charge in [0.1, 0.15) is 0 Å². The van der Waals surface area contributed by atoms with E-state index in [1.54, 1.807) is 14.0 Å². The first-order valence-corrected chi connectivity index (χ1v) is 6.39. The molecular formula is C12H22N2O3S. The molecule has 0 radical (unpaired) electrons. The van der Waals surface area contributed by atoms with E-state index in [1.807, 2.05) is 13.0 Å². The summed E-state index contributed by atoms with van der Waals surface area (Å²) >= 11 is 4.63. The molecular weight excluding hydrogens is 252 g/mol. The first-order valence-electron chi connectivity index (χ1n) is 5.92. The number of ether oxygens (including phenoxy) is 2. The summed E-state index contributed by atoms with van der Waals surface area (Å²) in [5.41, 5.74) is 2.14. The fourth-order valence-electron chi connectivity index (χ4n) is 1.24. The number of amides is 1. The lowest BCUT2D eigenvalue weighted by Crippen LogP contribution is -2.35. The number of thiocarbonyl (C=S) groups is 1. The lowest BCUT2D eigenvalue weighted by atomic mass is 10.2.